The molecule has 128 valence electrons. The van der Waals surface area contributed by atoms with Crippen LogP contribution in [-0.4, -0.2) is 35.0 Å². The molecular weight excluding hydrogens is 321 g/mol. The predicted octanol–water partition coefficient (Wildman–Crippen LogP) is 3.26. The van der Waals surface area contributed by atoms with Crippen molar-refractivity contribution in [1.82, 2.24) is 10.2 Å². The number of nitrogens with zero attached hydrogens (tertiary/aromatic N) is 2. The van der Waals surface area contributed by atoms with Crippen LogP contribution in [0, 0.1) is 15.9 Å². The first-order valence-electron chi connectivity index (χ1n) is 7.99. The number of non-ortho nitro benzene ring substituents is 1. The van der Waals surface area contributed by atoms with E-state index in [9.17, 15) is 14.5 Å². The molecule has 1 aliphatic carbocycles. The highest BCUT2D eigenvalue weighted by Crippen LogP contribution is 2.35. The molecule has 0 radical (unpaired) electrons. The Labute approximate surface area is 141 Å². The van der Waals surface area contributed by atoms with Gasteiger partial charge in [0.2, 0.25) is 0 Å². The molecule has 1 heterocycles. The van der Waals surface area contributed by atoms with Crippen molar-refractivity contribution in [1.29, 1.82) is 0 Å². The second-order valence-electron chi connectivity index (χ2n) is 6.42. The summed E-state index contributed by atoms with van der Waals surface area (Å²) in [5, 5.41) is 14.2. The van der Waals surface area contributed by atoms with Gasteiger partial charge >= 0.3 is 0 Å². The molecule has 2 fully saturated rings. The number of nitrogens with one attached hydrogen (secondary N) is 1. The van der Waals surface area contributed by atoms with Crippen LogP contribution in [0.25, 0.3) is 0 Å². The van der Waals surface area contributed by atoms with Gasteiger partial charge in [0.25, 0.3) is 5.69 Å². The monoisotopic (exact) mass is 343 g/mol. The molecule has 1 aliphatic heterocycles. The molecule has 0 amide bonds. The van der Waals surface area contributed by atoms with Gasteiger partial charge in [-0.15, -0.1) is 12.4 Å². The highest BCUT2D eigenvalue weighted by Gasteiger charge is 2.39. The maximum absolute atomic E-state index is 14.2. The molecule has 0 atom stereocenters. The number of hydrogen-bond donors (Lipinski definition) is 1. The van der Waals surface area contributed by atoms with Gasteiger partial charge in [-0.3, -0.25) is 15.0 Å². The lowest BCUT2D eigenvalue weighted by Gasteiger charge is -2.50. The van der Waals surface area contributed by atoms with Crippen LogP contribution in [0.4, 0.5) is 10.1 Å². The lowest BCUT2D eigenvalue weighted by atomic mass is 9.79. The lowest BCUT2D eigenvalue weighted by Crippen LogP contribution is -2.61. The first-order valence-corrected chi connectivity index (χ1v) is 7.99. The van der Waals surface area contributed by atoms with Crippen LogP contribution >= 0.6 is 12.4 Å². The van der Waals surface area contributed by atoms with Gasteiger partial charge in [0.15, 0.2) is 0 Å². The number of benzene rings is 1. The van der Waals surface area contributed by atoms with Crippen LogP contribution in [0.5, 0.6) is 0 Å². The van der Waals surface area contributed by atoms with E-state index < -0.39 is 10.7 Å². The van der Waals surface area contributed by atoms with Crippen LogP contribution in [0.15, 0.2) is 18.2 Å². The molecule has 1 saturated carbocycles. The maximum Gasteiger partial charge on any atom is 0.272 e. The zero-order valence-corrected chi connectivity index (χ0v) is 13.9. The number of hydrogen-bond acceptors (Lipinski definition) is 4. The van der Waals surface area contributed by atoms with Crippen LogP contribution in [-0.2, 0) is 6.54 Å². The van der Waals surface area contributed by atoms with Gasteiger partial charge in [-0.05, 0) is 18.9 Å². The van der Waals surface area contributed by atoms with Gasteiger partial charge in [0.05, 0.1) is 11.0 Å². The van der Waals surface area contributed by atoms with E-state index in [0.29, 0.717) is 12.1 Å². The van der Waals surface area contributed by atoms with Crippen LogP contribution in [0.2, 0.25) is 0 Å². The third kappa shape index (κ3) is 3.82. The maximum atomic E-state index is 14.2. The van der Waals surface area contributed by atoms with Gasteiger partial charge in [0.1, 0.15) is 5.82 Å². The summed E-state index contributed by atoms with van der Waals surface area (Å²) in [4.78, 5) is 12.5. The van der Waals surface area contributed by atoms with Crippen molar-refractivity contribution in [3.8, 4) is 0 Å². The Kier molecular flexibility index (Phi) is 5.95. The summed E-state index contributed by atoms with van der Waals surface area (Å²) in [5.74, 6) is -0.473. The van der Waals surface area contributed by atoms with Crippen molar-refractivity contribution >= 4 is 18.1 Å². The Morgan fingerprint density at radius 3 is 2.70 bits per heavy atom. The topological polar surface area (TPSA) is 58.4 Å². The van der Waals surface area contributed by atoms with Crippen molar-refractivity contribution in [2.75, 3.05) is 19.6 Å². The average Bonchev–Trinajstić information content (AvgIpc) is 2.52. The van der Waals surface area contributed by atoms with E-state index in [4.69, 9.17) is 0 Å². The highest BCUT2D eigenvalue weighted by atomic mass is 35.5. The van der Waals surface area contributed by atoms with Gasteiger partial charge in [0, 0.05) is 43.3 Å². The lowest BCUT2D eigenvalue weighted by molar-refractivity contribution is -0.385. The molecule has 1 saturated heterocycles. The van der Waals surface area contributed by atoms with E-state index in [2.05, 4.69) is 10.2 Å². The van der Waals surface area contributed by atoms with Crippen molar-refractivity contribution in [2.45, 2.75) is 44.2 Å². The number of piperazine rings is 1. The molecule has 1 spiro atoms. The predicted molar refractivity (Wildman–Crippen MR) is 89.4 cm³/mol. The molecule has 0 unspecified atom stereocenters. The fourth-order valence-corrected chi connectivity index (χ4v) is 3.82. The average molecular weight is 344 g/mol. The third-order valence-electron chi connectivity index (χ3n) is 5.08. The van der Waals surface area contributed by atoms with E-state index >= 15 is 0 Å². The normalized spacial score (nSPS) is 20.9. The van der Waals surface area contributed by atoms with Crippen molar-refractivity contribution in [2.24, 2.45) is 0 Å². The van der Waals surface area contributed by atoms with Crippen LogP contribution in [0.1, 0.15) is 37.7 Å². The minimum Gasteiger partial charge on any atom is -0.314 e. The zero-order valence-electron chi connectivity index (χ0n) is 13.1. The van der Waals surface area contributed by atoms with E-state index in [0.717, 1.165) is 38.5 Å². The largest absolute Gasteiger partial charge is 0.314 e. The Balaban J connectivity index is 0.00000192. The molecule has 1 N–H and O–H groups in total. The summed E-state index contributed by atoms with van der Waals surface area (Å²) in [6.07, 6.45) is 6.02. The second kappa shape index (κ2) is 7.55. The van der Waals surface area contributed by atoms with E-state index in [1.807, 2.05) is 0 Å². The molecular formula is C16H23ClFN3O2. The quantitative estimate of drug-likeness (QED) is 0.676. The minimum atomic E-state index is -0.555. The molecule has 1 aromatic carbocycles. The van der Waals surface area contributed by atoms with E-state index in [1.54, 1.807) is 6.07 Å². The number of nitro benzene ring substituents is 1. The first-order chi connectivity index (χ1) is 10.6. The third-order valence-corrected chi connectivity index (χ3v) is 5.08. The zero-order chi connectivity index (χ0) is 15.6. The summed E-state index contributed by atoms with van der Waals surface area (Å²) in [6.45, 7) is 3.31. The van der Waals surface area contributed by atoms with Crippen LogP contribution in [0.3, 0.4) is 0 Å². The Hall–Kier alpha value is -1.24. The molecule has 7 heteroatoms. The number of rotatable bonds is 3. The molecule has 0 bridgehead atoms. The van der Waals surface area contributed by atoms with Crippen molar-refractivity contribution in [3.63, 3.8) is 0 Å². The molecule has 0 aromatic heterocycles. The van der Waals surface area contributed by atoms with Gasteiger partial charge in [-0.2, -0.15) is 0 Å². The van der Waals surface area contributed by atoms with Gasteiger partial charge in [-0.1, -0.05) is 19.3 Å². The fourth-order valence-electron chi connectivity index (χ4n) is 3.82. The molecule has 3 rings (SSSR count). The number of halogens is 2. The Morgan fingerprint density at radius 2 is 2.04 bits per heavy atom. The summed E-state index contributed by atoms with van der Waals surface area (Å²) < 4.78 is 14.2. The first kappa shape index (κ1) is 18.1. The molecule has 5 nitrogen and oxygen atoms in total. The molecule has 2 aliphatic rings. The smallest absolute Gasteiger partial charge is 0.272 e. The van der Waals surface area contributed by atoms with Gasteiger partial charge < -0.3 is 5.32 Å². The van der Waals surface area contributed by atoms with E-state index in [1.165, 1.54) is 25.3 Å². The fraction of sp³-hybridized carbons (Fsp3) is 0.625. The highest BCUT2D eigenvalue weighted by molar-refractivity contribution is 5.85. The standard InChI is InChI=1S/C16H22FN3O2.ClH/c17-15-10-14(20(21)22)5-4-13(15)11-19-9-8-18-12-16(19)6-2-1-3-7-16;/h4-5,10,18H,1-3,6-9,11-12H2;1H. The van der Waals surface area contributed by atoms with Crippen molar-refractivity contribution in [3.05, 3.63) is 39.7 Å². The Bertz CT molecular complexity index is 556. The Morgan fingerprint density at radius 1 is 1.30 bits per heavy atom. The molecule has 1 aromatic rings. The summed E-state index contributed by atoms with van der Waals surface area (Å²) in [6, 6.07) is 3.99. The summed E-state index contributed by atoms with van der Waals surface area (Å²) >= 11 is 0. The van der Waals surface area contributed by atoms with Crippen LogP contribution < -0.4 is 5.32 Å². The minimum absolute atomic E-state index is 0. The van der Waals surface area contributed by atoms with E-state index in [-0.39, 0.29) is 23.6 Å². The second-order valence-corrected chi connectivity index (χ2v) is 6.42. The summed E-state index contributed by atoms with van der Waals surface area (Å²) in [5.41, 5.74) is 0.497. The van der Waals surface area contributed by atoms with Crippen molar-refractivity contribution < 1.29 is 9.31 Å². The van der Waals surface area contributed by atoms with Gasteiger partial charge in [-0.25, -0.2) is 4.39 Å². The summed E-state index contributed by atoms with van der Waals surface area (Å²) in [7, 11) is 0. The number of nitro groups is 1. The molecule has 23 heavy (non-hydrogen) atoms. The SMILES string of the molecule is Cl.O=[N+]([O-])c1ccc(CN2CCNCC23CCCCC3)c(F)c1.